The van der Waals surface area contributed by atoms with Crippen molar-refractivity contribution in [3.63, 3.8) is 0 Å². The smallest absolute Gasteiger partial charge is 0.0908 e. The highest BCUT2D eigenvalue weighted by atomic mass is 16.3. The van der Waals surface area contributed by atoms with Gasteiger partial charge in [0.2, 0.25) is 0 Å². The Hall–Kier alpha value is -0.0800. The molecule has 0 heterocycles. The molecule has 3 unspecified atom stereocenters. The fourth-order valence-electron chi connectivity index (χ4n) is 2.37. The van der Waals surface area contributed by atoms with Crippen molar-refractivity contribution in [1.29, 1.82) is 0 Å². The molecular weight excluding hydrogens is 128 g/mol. The molecule has 0 spiro atoms. The molecular formula is C8H14O2. The second-order valence-electron chi connectivity index (χ2n) is 3.81. The van der Waals surface area contributed by atoms with E-state index >= 15 is 0 Å². The molecule has 0 aromatic carbocycles. The number of fused-ring (bicyclic) bond motifs is 2. The van der Waals surface area contributed by atoms with Gasteiger partial charge in [-0.2, -0.15) is 0 Å². The van der Waals surface area contributed by atoms with Gasteiger partial charge in [-0.15, -0.1) is 0 Å². The predicted octanol–water partition coefficient (Wildman–Crippen LogP) is 0.672. The molecule has 2 rings (SSSR count). The summed E-state index contributed by atoms with van der Waals surface area (Å²) in [7, 11) is 0. The van der Waals surface area contributed by atoms with Crippen LogP contribution in [0.4, 0.5) is 0 Å². The van der Waals surface area contributed by atoms with Crippen molar-refractivity contribution in [2.24, 2.45) is 5.92 Å². The Bertz CT molecular complexity index is 144. The van der Waals surface area contributed by atoms with Crippen molar-refractivity contribution < 1.29 is 10.2 Å². The lowest BCUT2D eigenvalue weighted by Gasteiger charge is -2.32. The number of hydrogen-bond donors (Lipinski definition) is 2. The van der Waals surface area contributed by atoms with Crippen molar-refractivity contribution in [2.45, 2.75) is 43.8 Å². The van der Waals surface area contributed by atoms with Crippen LogP contribution in [0.15, 0.2) is 0 Å². The van der Waals surface area contributed by atoms with Crippen molar-refractivity contribution in [1.82, 2.24) is 0 Å². The number of hydrogen-bond acceptors (Lipinski definition) is 2. The minimum absolute atomic E-state index is 0.439. The minimum Gasteiger partial charge on any atom is -0.390 e. The summed E-state index contributed by atoms with van der Waals surface area (Å²) in [6, 6.07) is 0. The summed E-state index contributed by atoms with van der Waals surface area (Å²) in [4.78, 5) is 0. The largest absolute Gasteiger partial charge is 0.390 e. The summed E-state index contributed by atoms with van der Waals surface area (Å²) < 4.78 is 0. The molecule has 2 aliphatic carbocycles. The molecule has 2 bridgehead atoms. The zero-order valence-electron chi connectivity index (χ0n) is 6.08. The third-order valence-electron chi connectivity index (χ3n) is 3.10. The number of aliphatic hydroxyl groups excluding tert-OH is 1. The predicted molar refractivity (Wildman–Crippen MR) is 37.5 cm³/mol. The standard InChI is InChI=1S/C8H14O2/c9-7-2-1-6-3-4-8(7,10)5-6/h6-7,9-10H,1-5H2. The van der Waals surface area contributed by atoms with E-state index in [-0.39, 0.29) is 0 Å². The lowest BCUT2D eigenvalue weighted by Crippen LogP contribution is -2.42. The molecule has 0 amide bonds. The van der Waals surface area contributed by atoms with Crippen molar-refractivity contribution in [2.75, 3.05) is 0 Å². The minimum atomic E-state index is -0.692. The molecule has 2 N–H and O–H groups in total. The highest BCUT2D eigenvalue weighted by Crippen LogP contribution is 2.44. The van der Waals surface area contributed by atoms with Crippen molar-refractivity contribution in [3.8, 4) is 0 Å². The first kappa shape index (κ1) is 6.62. The van der Waals surface area contributed by atoms with Gasteiger partial charge >= 0.3 is 0 Å². The van der Waals surface area contributed by atoms with Crippen LogP contribution in [0.1, 0.15) is 32.1 Å². The van der Waals surface area contributed by atoms with Crippen LogP contribution in [-0.4, -0.2) is 21.9 Å². The van der Waals surface area contributed by atoms with E-state index in [1.54, 1.807) is 0 Å². The molecule has 2 saturated carbocycles. The zero-order chi connectivity index (χ0) is 7.19. The Morgan fingerprint density at radius 2 is 2.00 bits per heavy atom. The number of aliphatic hydroxyl groups is 2. The van der Waals surface area contributed by atoms with E-state index in [1.165, 1.54) is 0 Å². The van der Waals surface area contributed by atoms with E-state index in [1.807, 2.05) is 0 Å². The van der Waals surface area contributed by atoms with Crippen LogP contribution in [0.25, 0.3) is 0 Å². The van der Waals surface area contributed by atoms with E-state index in [9.17, 15) is 10.2 Å². The molecule has 58 valence electrons. The van der Waals surface area contributed by atoms with Gasteiger partial charge in [-0.25, -0.2) is 0 Å². The Labute approximate surface area is 60.9 Å². The summed E-state index contributed by atoms with van der Waals surface area (Å²) in [6.45, 7) is 0. The molecule has 0 aromatic heterocycles. The maximum atomic E-state index is 9.74. The average Bonchev–Trinajstić information content (AvgIpc) is 2.22. The van der Waals surface area contributed by atoms with E-state index in [0.29, 0.717) is 5.92 Å². The van der Waals surface area contributed by atoms with Crippen LogP contribution < -0.4 is 0 Å². The van der Waals surface area contributed by atoms with Gasteiger partial charge < -0.3 is 10.2 Å². The summed E-state index contributed by atoms with van der Waals surface area (Å²) in [5.41, 5.74) is -0.692. The average molecular weight is 142 g/mol. The molecule has 2 aliphatic rings. The number of rotatable bonds is 0. The van der Waals surface area contributed by atoms with Gasteiger partial charge in [0.25, 0.3) is 0 Å². The Morgan fingerprint density at radius 1 is 1.20 bits per heavy atom. The van der Waals surface area contributed by atoms with Crippen molar-refractivity contribution >= 4 is 0 Å². The quantitative estimate of drug-likeness (QED) is 0.522. The monoisotopic (exact) mass is 142 g/mol. The maximum absolute atomic E-state index is 9.74. The van der Waals surface area contributed by atoms with Crippen LogP contribution in [0.3, 0.4) is 0 Å². The van der Waals surface area contributed by atoms with Crippen LogP contribution in [-0.2, 0) is 0 Å². The molecule has 0 saturated heterocycles. The van der Waals surface area contributed by atoms with Crippen molar-refractivity contribution in [3.05, 3.63) is 0 Å². The molecule has 2 nitrogen and oxygen atoms in total. The van der Waals surface area contributed by atoms with Crippen LogP contribution in [0.5, 0.6) is 0 Å². The summed E-state index contributed by atoms with van der Waals surface area (Å²) >= 11 is 0. The van der Waals surface area contributed by atoms with Crippen LogP contribution in [0.2, 0.25) is 0 Å². The van der Waals surface area contributed by atoms with Gasteiger partial charge in [0.05, 0.1) is 11.7 Å². The topological polar surface area (TPSA) is 40.5 Å². The Morgan fingerprint density at radius 3 is 2.70 bits per heavy atom. The van der Waals surface area contributed by atoms with Gasteiger partial charge in [0.1, 0.15) is 0 Å². The fourth-order valence-corrected chi connectivity index (χ4v) is 2.37. The zero-order valence-corrected chi connectivity index (χ0v) is 6.08. The van der Waals surface area contributed by atoms with Gasteiger partial charge in [-0.3, -0.25) is 0 Å². The van der Waals surface area contributed by atoms with Gasteiger partial charge in [0, 0.05) is 0 Å². The normalized spacial score (nSPS) is 53.4. The second kappa shape index (κ2) is 1.95. The third kappa shape index (κ3) is 0.789. The maximum Gasteiger partial charge on any atom is 0.0908 e. The molecule has 2 fully saturated rings. The highest BCUT2D eigenvalue weighted by Gasteiger charge is 2.46. The molecule has 0 radical (unpaired) electrons. The summed E-state index contributed by atoms with van der Waals surface area (Å²) in [6.07, 6.45) is 4.26. The van der Waals surface area contributed by atoms with E-state index < -0.39 is 11.7 Å². The van der Waals surface area contributed by atoms with Gasteiger partial charge in [-0.1, -0.05) is 0 Å². The van der Waals surface area contributed by atoms with Gasteiger partial charge in [0.15, 0.2) is 0 Å². The highest BCUT2D eigenvalue weighted by molar-refractivity contribution is 4.98. The van der Waals surface area contributed by atoms with E-state index in [4.69, 9.17) is 0 Å². The van der Waals surface area contributed by atoms with Crippen LogP contribution >= 0.6 is 0 Å². The summed E-state index contributed by atoms with van der Waals surface area (Å²) in [5, 5.41) is 19.1. The second-order valence-corrected chi connectivity index (χ2v) is 3.81. The first-order valence-corrected chi connectivity index (χ1v) is 4.11. The molecule has 2 heteroatoms. The Balaban J connectivity index is 2.17. The first-order chi connectivity index (χ1) is 4.71. The lowest BCUT2D eigenvalue weighted by molar-refractivity contribution is -0.0885. The Kier molecular flexibility index (Phi) is 1.29. The van der Waals surface area contributed by atoms with E-state index in [0.717, 1.165) is 32.1 Å². The SMILES string of the molecule is OC1CCC2CCC1(O)C2. The lowest BCUT2D eigenvalue weighted by atomic mass is 9.83. The molecule has 0 aromatic rings. The van der Waals surface area contributed by atoms with E-state index in [2.05, 4.69) is 0 Å². The summed E-state index contributed by atoms with van der Waals surface area (Å²) in [5.74, 6) is 0.702. The molecule has 3 atom stereocenters. The third-order valence-corrected chi connectivity index (χ3v) is 3.10. The molecule has 0 aliphatic heterocycles. The van der Waals surface area contributed by atoms with Gasteiger partial charge in [-0.05, 0) is 38.0 Å². The first-order valence-electron chi connectivity index (χ1n) is 4.11. The fraction of sp³-hybridized carbons (Fsp3) is 1.00. The van der Waals surface area contributed by atoms with Crippen LogP contribution in [0, 0.1) is 5.92 Å². The molecule has 10 heavy (non-hydrogen) atoms.